The predicted octanol–water partition coefficient (Wildman–Crippen LogP) is 2.14. The molecule has 1 fully saturated rings. The average Bonchev–Trinajstić information content (AvgIpc) is 2.66. The SMILES string of the molecule is COc1ccc(CNC(=O)N2CCN(c3cc(C)ccn3)CC2)cc1O. The fraction of sp³-hybridized carbons (Fsp3) is 0.368. The van der Waals surface area contributed by atoms with E-state index in [4.69, 9.17) is 4.74 Å². The molecule has 1 aromatic heterocycles. The van der Waals surface area contributed by atoms with E-state index in [1.165, 1.54) is 12.7 Å². The first-order valence-electron chi connectivity index (χ1n) is 8.63. The third kappa shape index (κ3) is 4.17. The van der Waals surface area contributed by atoms with E-state index in [-0.39, 0.29) is 11.8 Å². The molecule has 0 aliphatic carbocycles. The van der Waals surface area contributed by atoms with Crippen LogP contribution in [0.4, 0.5) is 10.6 Å². The molecule has 1 aliphatic rings. The van der Waals surface area contributed by atoms with Crippen molar-refractivity contribution in [1.82, 2.24) is 15.2 Å². The lowest BCUT2D eigenvalue weighted by Crippen LogP contribution is -2.51. The van der Waals surface area contributed by atoms with E-state index in [0.717, 1.165) is 24.5 Å². The second kappa shape index (κ2) is 7.95. The molecule has 2 amide bonds. The van der Waals surface area contributed by atoms with Gasteiger partial charge in [-0.2, -0.15) is 0 Å². The first-order valence-corrected chi connectivity index (χ1v) is 8.63. The number of anilines is 1. The van der Waals surface area contributed by atoms with Crippen LogP contribution in [0.15, 0.2) is 36.5 Å². The Morgan fingerprint density at radius 3 is 2.65 bits per heavy atom. The number of nitrogens with zero attached hydrogens (tertiary/aromatic N) is 3. The van der Waals surface area contributed by atoms with Gasteiger partial charge in [0.2, 0.25) is 0 Å². The maximum atomic E-state index is 12.4. The Morgan fingerprint density at radius 2 is 2.00 bits per heavy atom. The molecule has 1 saturated heterocycles. The Hall–Kier alpha value is -2.96. The molecule has 1 aromatic carbocycles. The number of phenols is 1. The van der Waals surface area contributed by atoms with Crippen LogP contribution in [0.2, 0.25) is 0 Å². The molecule has 7 nitrogen and oxygen atoms in total. The number of aryl methyl sites for hydroxylation is 1. The number of nitrogens with one attached hydrogen (secondary N) is 1. The minimum Gasteiger partial charge on any atom is -0.504 e. The second-order valence-electron chi connectivity index (χ2n) is 6.33. The number of hydrogen-bond acceptors (Lipinski definition) is 5. The van der Waals surface area contributed by atoms with Crippen LogP contribution in [0.3, 0.4) is 0 Å². The van der Waals surface area contributed by atoms with Gasteiger partial charge in [0, 0.05) is 38.9 Å². The number of aromatic nitrogens is 1. The van der Waals surface area contributed by atoms with Gasteiger partial charge in [0.1, 0.15) is 5.82 Å². The highest BCUT2D eigenvalue weighted by Gasteiger charge is 2.21. The number of phenolic OH excluding ortho intramolecular Hbond substituents is 1. The molecule has 3 rings (SSSR count). The van der Waals surface area contributed by atoms with Crippen LogP contribution in [-0.2, 0) is 6.54 Å². The first-order chi connectivity index (χ1) is 12.6. The maximum Gasteiger partial charge on any atom is 0.317 e. The Bertz CT molecular complexity index is 773. The van der Waals surface area contributed by atoms with Crippen LogP contribution < -0.4 is 15.0 Å². The Morgan fingerprint density at radius 1 is 1.23 bits per heavy atom. The highest BCUT2D eigenvalue weighted by atomic mass is 16.5. The lowest BCUT2D eigenvalue weighted by Gasteiger charge is -2.35. The number of hydrogen-bond donors (Lipinski definition) is 2. The number of aromatic hydroxyl groups is 1. The quantitative estimate of drug-likeness (QED) is 0.878. The lowest BCUT2D eigenvalue weighted by atomic mass is 10.2. The fourth-order valence-corrected chi connectivity index (χ4v) is 2.97. The number of pyridine rings is 1. The summed E-state index contributed by atoms with van der Waals surface area (Å²) in [7, 11) is 1.50. The van der Waals surface area contributed by atoms with Crippen LogP contribution >= 0.6 is 0 Å². The molecule has 2 heterocycles. The minimum atomic E-state index is -0.0999. The first kappa shape index (κ1) is 17.8. The molecule has 7 heteroatoms. The molecule has 0 saturated carbocycles. The number of ether oxygens (including phenoxy) is 1. The van der Waals surface area contributed by atoms with Crippen molar-refractivity contribution >= 4 is 11.8 Å². The van der Waals surface area contributed by atoms with E-state index in [0.29, 0.717) is 25.4 Å². The van der Waals surface area contributed by atoms with Crippen molar-refractivity contribution in [2.24, 2.45) is 0 Å². The van der Waals surface area contributed by atoms with Gasteiger partial charge in [-0.3, -0.25) is 0 Å². The molecular formula is C19H24N4O3. The van der Waals surface area contributed by atoms with E-state index in [9.17, 15) is 9.90 Å². The van der Waals surface area contributed by atoms with Gasteiger partial charge in [-0.1, -0.05) is 6.07 Å². The number of amides is 2. The molecule has 0 radical (unpaired) electrons. The van der Waals surface area contributed by atoms with E-state index in [2.05, 4.69) is 21.3 Å². The van der Waals surface area contributed by atoms with Crippen LogP contribution in [0.5, 0.6) is 11.5 Å². The summed E-state index contributed by atoms with van der Waals surface area (Å²) in [4.78, 5) is 20.8. The van der Waals surface area contributed by atoms with E-state index in [1.54, 1.807) is 17.0 Å². The van der Waals surface area contributed by atoms with Crippen molar-refractivity contribution in [3.8, 4) is 11.5 Å². The van der Waals surface area contributed by atoms with Crippen molar-refractivity contribution in [2.75, 3.05) is 38.2 Å². The molecule has 26 heavy (non-hydrogen) atoms. The molecule has 1 aliphatic heterocycles. The number of carbonyl (C=O) groups is 1. The fourth-order valence-electron chi connectivity index (χ4n) is 2.97. The van der Waals surface area contributed by atoms with E-state index in [1.807, 2.05) is 25.3 Å². The zero-order chi connectivity index (χ0) is 18.5. The van der Waals surface area contributed by atoms with Crippen LogP contribution in [0.1, 0.15) is 11.1 Å². The second-order valence-corrected chi connectivity index (χ2v) is 6.33. The Balaban J connectivity index is 1.50. The number of carbonyl (C=O) groups excluding carboxylic acids is 1. The zero-order valence-corrected chi connectivity index (χ0v) is 15.1. The lowest BCUT2D eigenvalue weighted by molar-refractivity contribution is 0.194. The van der Waals surface area contributed by atoms with Crippen molar-refractivity contribution in [2.45, 2.75) is 13.5 Å². The number of methoxy groups -OCH3 is 1. The van der Waals surface area contributed by atoms with Gasteiger partial charge in [-0.05, 0) is 42.3 Å². The van der Waals surface area contributed by atoms with Crippen molar-refractivity contribution in [3.05, 3.63) is 47.7 Å². The highest BCUT2D eigenvalue weighted by Crippen LogP contribution is 2.26. The van der Waals surface area contributed by atoms with Crippen molar-refractivity contribution < 1.29 is 14.6 Å². The van der Waals surface area contributed by atoms with E-state index >= 15 is 0 Å². The van der Waals surface area contributed by atoms with Gasteiger partial charge in [0.15, 0.2) is 11.5 Å². The normalized spacial score (nSPS) is 14.2. The maximum absolute atomic E-state index is 12.4. The summed E-state index contributed by atoms with van der Waals surface area (Å²) in [6, 6.07) is 9.04. The van der Waals surface area contributed by atoms with Gasteiger partial charge in [-0.25, -0.2) is 9.78 Å². The summed E-state index contributed by atoms with van der Waals surface area (Å²) in [5, 5.41) is 12.7. The van der Waals surface area contributed by atoms with Crippen molar-refractivity contribution in [1.29, 1.82) is 0 Å². The van der Waals surface area contributed by atoms with Crippen LogP contribution in [0, 0.1) is 6.92 Å². The highest BCUT2D eigenvalue weighted by molar-refractivity contribution is 5.74. The third-order valence-electron chi connectivity index (χ3n) is 4.48. The molecule has 2 aromatic rings. The van der Waals surface area contributed by atoms with Crippen LogP contribution in [0.25, 0.3) is 0 Å². The third-order valence-corrected chi connectivity index (χ3v) is 4.48. The standard InChI is InChI=1S/C19H24N4O3/c1-14-5-6-20-18(11-14)22-7-9-23(10-8-22)19(25)21-13-15-3-4-17(26-2)16(24)12-15/h3-6,11-12,24H,7-10,13H2,1-2H3,(H,21,25). The van der Waals surface area contributed by atoms with Gasteiger partial charge >= 0.3 is 6.03 Å². The van der Waals surface area contributed by atoms with E-state index < -0.39 is 0 Å². The number of urea groups is 1. The topological polar surface area (TPSA) is 77.9 Å². The van der Waals surface area contributed by atoms with Gasteiger partial charge in [-0.15, -0.1) is 0 Å². The minimum absolute atomic E-state index is 0.0681. The van der Waals surface area contributed by atoms with Gasteiger partial charge < -0.3 is 25.0 Å². The number of piperazine rings is 1. The Labute approximate surface area is 153 Å². The zero-order valence-electron chi connectivity index (χ0n) is 15.1. The monoisotopic (exact) mass is 356 g/mol. The van der Waals surface area contributed by atoms with Crippen LogP contribution in [-0.4, -0.2) is 54.3 Å². The smallest absolute Gasteiger partial charge is 0.317 e. The molecule has 0 spiro atoms. The number of benzene rings is 1. The van der Waals surface area contributed by atoms with Gasteiger partial charge in [0.05, 0.1) is 7.11 Å². The summed E-state index contributed by atoms with van der Waals surface area (Å²) in [5.41, 5.74) is 2.00. The summed E-state index contributed by atoms with van der Waals surface area (Å²) in [6.07, 6.45) is 1.81. The molecule has 0 unspecified atom stereocenters. The molecule has 0 bridgehead atoms. The molecular weight excluding hydrogens is 332 g/mol. The summed E-state index contributed by atoms with van der Waals surface area (Å²) < 4.78 is 5.02. The van der Waals surface area contributed by atoms with Gasteiger partial charge in [0.25, 0.3) is 0 Å². The largest absolute Gasteiger partial charge is 0.504 e. The summed E-state index contributed by atoms with van der Waals surface area (Å²) in [5.74, 6) is 1.44. The molecule has 0 atom stereocenters. The summed E-state index contributed by atoms with van der Waals surface area (Å²) in [6.45, 7) is 5.22. The molecule has 2 N–H and O–H groups in total. The molecule has 138 valence electrons. The summed E-state index contributed by atoms with van der Waals surface area (Å²) >= 11 is 0. The predicted molar refractivity (Wildman–Crippen MR) is 99.7 cm³/mol. The Kier molecular flexibility index (Phi) is 5.46. The van der Waals surface area contributed by atoms with Crippen molar-refractivity contribution in [3.63, 3.8) is 0 Å². The number of rotatable bonds is 4. The average molecular weight is 356 g/mol.